The first-order valence-electron chi connectivity index (χ1n) is 7.77. The van der Waals surface area contributed by atoms with Gasteiger partial charge < -0.3 is 9.80 Å². The zero-order chi connectivity index (χ0) is 17.5. The molecule has 0 atom stereocenters. The number of likely N-dealkylation sites (N-methyl/N-ethyl adjacent to an activating group) is 1. The average molecular weight is 366 g/mol. The fraction of sp³-hybridized carbons (Fsp3) is 0.333. The van der Waals surface area contributed by atoms with Gasteiger partial charge in [-0.15, -0.1) is 0 Å². The van der Waals surface area contributed by atoms with Gasteiger partial charge in [0.1, 0.15) is 10.8 Å². The molecule has 24 heavy (non-hydrogen) atoms. The molecule has 4 nitrogen and oxygen atoms in total. The van der Waals surface area contributed by atoms with E-state index in [-0.39, 0.29) is 16.8 Å². The first-order valence-corrected chi connectivity index (χ1v) is 8.53. The predicted molar refractivity (Wildman–Crippen MR) is 98.9 cm³/mol. The van der Waals surface area contributed by atoms with E-state index in [1.807, 2.05) is 37.2 Å². The standard InChI is InChI=1S/C18H21Cl2N3O/c1-22(2)12-13-23(11-10-14-6-4-3-5-7-14)18(24)17-15(19)8-9-16(20)21-17/h3-9H,10-13H2,1-2H3. The van der Waals surface area contributed by atoms with Gasteiger partial charge in [-0.1, -0.05) is 53.5 Å². The number of amides is 1. The van der Waals surface area contributed by atoms with Gasteiger partial charge in [0, 0.05) is 19.6 Å². The Kier molecular flexibility index (Phi) is 7.03. The molecule has 0 aliphatic rings. The number of nitrogens with zero attached hydrogens (tertiary/aromatic N) is 3. The molecule has 0 saturated carbocycles. The molecule has 0 fully saturated rings. The smallest absolute Gasteiger partial charge is 0.274 e. The van der Waals surface area contributed by atoms with Gasteiger partial charge in [0.25, 0.3) is 5.91 Å². The SMILES string of the molecule is CN(C)CCN(CCc1ccccc1)C(=O)c1nc(Cl)ccc1Cl. The molecule has 128 valence electrons. The zero-order valence-corrected chi connectivity index (χ0v) is 15.4. The molecule has 0 unspecified atom stereocenters. The molecule has 0 N–H and O–H groups in total. The van der Waals surface area contributed by atoms with E-state index in [4.69, 9.17) is 23.2 Å². The van der Waals surface area contributed by atoms with Crippen LogP contribution in [0.2, 0.25) is 10.2 Å². The quantitative estimate of drug-likeness (QED) is 0.702. The van der Waals surface area contributed by atoms with Crippen LogP contribution in [-0.2, 0) is 6.42 Å². The lowest BCUT2D eigenvalue weighted by molar-refractivity contribution is 0.0741. The second-order valence-electron chi connectivity index (χ2n) is 5.80. The lowest BCUT2D eigenvalue weighted by Crippen LogP contribution is -2.38. The Morgan fingerprint density at radius 3 is 2.38 bits per heavy atom. The summed E-state index contributed by atoms with van der Waals surface area (Å²) in [7, 11) is 3.95. The van der Waals surface area contributed by atoms with Crippen molar-refractivity contribution in [1.82, 2.24) is 14.8 Å². The number of halogens is 2. The monoisotopic (exact) mass is 365 g/mol. The van der Waals surface area contributed by atoms with E-state index in [1.165, 1.54) is 5.56 Å². The number of benzene rings is 1. The summed E-state index contributed by atoms with van der Waals surface area (Å²) in [6, 6.07) is 13.3. The maximum Gasteiger partial charge on any atom is 0.274 e. The summed E-state index contributed by atoms with van der Waals surface area (Å²) in [5.41, 5.74) is 1.39. The van der Waals surface area contributed by atoms with Gasteiger partial charge in [-0.05, 0) is 38.2 Å². The number of rotatable bonds is 7. The van der Waals surface area contributed by atoms with Crippen LogP contribution in [0.1, 0.15) is 16.1 Å². The summed E-state index contributed by atoms with van der Waals surface area (Å²) < 4.78 is 0. The fourth-order valence-corrected chi connectivity index (χ4v) is 2.60. The minimum absolute atomic E-state index is 0.194. The fourth-order valence-electron chi connectivity index (χ4n) is 2.26. The second-order valence-corrected chi connectivity index (χ2v) is 6.59. The highest BCUT2D eigenvalue weighted by atomic mass is 35.5. The molecule has 1 amide bonds. The van der Waals surface area contributed by atoms with Crippen molar-refractivity contribution in [3.8, 4) is 0 Å². The van der Waals surface area contributed by atoms with Crippen molar-refractivity contribution in [2.75, 3.05) is 33.7 Å². The van der Waals surface area contributed by atoms with E-state index in [0.29, 0.717) is 18.1 Å². The van der Waals surface area contributed by atoms with Crippen LogP contribution in [0.25, 0.3) is 0 Å². The summed E-state index contributed by atoms with van der Waals surface area (Å²) in [6.45, 7) is 1.96. The molecule has 2 rings (SSSR count). The average Bonchev–Trinajstić information content (AvgIpc) is 2.57. The largest absolute Gasteiger partial charge is 0.336 e. The van der Waals surface area contributed by atoms with E-state index in [0.717, 1.165) is 13.0 Å². The highest BCUT2D eigenvalue weighted by Crippen LogP contribution is 2.19. The zero-order valence-electron chi connectivity index (χ0n) is 13.9. The maximum atomic E-state index is 12.9. The van der Waals surface area contributed by atoms with Crippen LogP contribution in [0.5, 0.6) is 0 Å². The van der Waals surface area contributed by atoms with Crippen molar-refractivity contribution in [2.24, 2.45) is 0 Å². The van der Waals surface area contributed by atoms with Gasteiger partial charge in [0.15, 0.2) is 0 Å². The molecule has 1 aromatic heterocycles. The Labute approximate surface area is 153 Å². The van der Waals surface area contributed by atoms with Gasteiger partial charge in [0.2, 0.25) is 0 Å². The van der Waals surface area contributed by atoms with Gasteiger partial charge >= 0.3 is 0 Å². The first-order chi connectivity index (χ1) is 11.5. The van der Waals surface area contributed by atoms with Crippen LogP contribution in [-0.4, -0.2) is 54.4 Å². The molecular weight excluding hydrogens is 345 g/mol. The van der Waals surface area contributed by atoms with Crippen LogP contribution in [0.4, 0.5) is 0 Å². The third kappa shape index (κ3) is 5.48. The van der Waals surface area contributed by atoms with Crippen molar-refractivity contribution in [3.63, 3.8) is 0 Å². The molecule has 0 aliphatic heterocycles. The third-order valence-corrected chi connectivity index (χ3v) is 4.15. The number of aromatic nitrogens is 1. The Bertz CT molecular complexity index is 677. The van der Waals surface area contributed by atoms with E-state index >= 15 is 0 Å². The summed E-state index contributed by atoms with van der Waals surface area (Å²) >= 11 is 12.1. The highest BCUT2D eigenvalue weighted by Gasteiger charge is 2.20. The van der Waals surface area contributed by atoms with Gasteiger partial charge in [-0.3, -0.25) is 4.79 Å². The number of pyridine rings is 1. The van der Waals surface area contributed by atoms with E-state index in [1.54, 1.807) is 17.0 Å². The highest BCUT2D eigenvalue weighted by molar-refractivity contribution is 6.34. The summed E-state index contributed by atoms with van der Waals surface area (Å²) in [6.07, 6.45) is 0.776. The summed E-state index contributed by atoms with van der Waals surface area (Å²) in [5, 5.41) is 0.581. The summed E-state index contributed by atoms with van der Waals surface area (Å²) in [4.78, 5) is 20.8. The van der Waals surface area contributed by atoms with Crippen LogP contribution in [0.15, 0.2) is 42.5 Å². The third-order valence-electron chi connectivity index (χ3n) is 3.63. The van der Waals surface area contributed by atoms with Crippen molar-refractivity contribution >= 4 is 29.1 Å². The second kappa shape index (κ2) is 9.02. The van der Waals surface area contributed by atoms with Crippen molar-refractivity contribution in [3.05, 3.63) is 63.9 Å². The Balaban J connectivity index is 2.14. The number of hydrogen-bond donors (Lipinski definition) is 0. The van der Waals surface area contributed by atoms with Crippen LogP contribution in [0.3, 0.4) is 0 Å². The van der Waals surface area contributed by atoms with Gasteiger partial charge in [-0.2, -0.15) is 0 Å². The topological polar surface area (TPSA) is 36.4 Å². The molecule has 2 aromatic rings. The van der Waals surface area contributed by atoms with Crippen molar-refractivity contribution < 1.29 is 4.79 Å². The lowest BCUT2D eigenvalue weighted by Gasteiger charge is -2.24. The summed E-state index contributed by atoms with van der Waals surface area (Å²) in [5.74, 6) is -0.194. The van der Waals surface area contributed by atoms with Crippen LogP contribution < -0.4 is 0 Å². The maximum absolute atomic E-state index is 12.9. The minimum Gasteiger partial charge on any atom is -0.336 e. The molecule has 1 aromatic carbocycles. The molecular formula is C18H21Cl2N3O. The van der Waals surface area contributed by atoms with Crippen molar-refractivity contribution in [1.29, 1.82) is 0 Å². The molecule has 0 radical (unpaired) electrons. The molecule has 6 heteroatoms. The van der Waals surface area contributed by atoms with Crippen LogP contribution >= 0.6 is 23.2 Å². The molecule has 0 spiro atoms. The number of carbonyl (C=O) groups excluding carboxylic acids is 1. The molecule has 0 aliphatic carbocycles. The Hall–Kier alpha value is -1.62. The minimum atomic E-state index is -0.194. The molecule has 0 bridgehead atoms. The van der Waals surface area contributed by atoms with E-state index in [9.17, 15) is 4.79 Å². The van der Waals surface area contributed by atoms with Gasteiger partial charge in [-0.25, -0.2) is 4.98 Å². The van der Waals surface area contributed by atoms with E-state index in [2.05, 4.69) is 17.1 Å². The Morgan fingerprint density at radius 1 is 1.00 bits per heavy atom. The first kappa shape index (κ1) is 18.7. The molecule has 1 heterocycles. The number of hydrogen-bond acceptors (Lipinski definition) is 3. The van der Waals surface area contributed by atoms with E-state index < -0.39 is 0 Å². The van der Waals surface area contributed by atoms with Crippen molar-refractivity contribution in [2.45, 2.75) is 6.42 Å². The number of carbonyl (C=O) groups is 1. The lowest BCUT2D eigenvalue weighted by atomic mass is 10.1. The Morgan fingerprint density at radius 2 is 1.71 bits per heavy atom. The predicted octanol–water partition coefficient (Wildman–Crippen LogP) is 3.63. The van der Waals surface area contributed by atoms with Crippen LogP contribution in [0, 0.1) is 0 Å². The van der Waals surface area contributed by atoms with Gasteiger partial charge in [0.05, 0.1) is 5.02 Å². The molecule has 0 saturated heterocycles. The normalized spacial score (nSPS) is 10.9.